The van der Waals surface area contributed by atoms with Crippen molar-refractivity contribution in [2.45, 2.75) is 33.6 Å². The third-order valence-corrected chi connectivity index (χ3v) is 2.78. The maximum absolute atomic E-state index is 4.10. The molecule has 0 fully saturated rings. The first-order valence-electron chi connectivity index (χ1n) is 4.67. The van der Waals surface area contributed by atoms with Crippen molar-refractivity contribution in [2.75, 3.05) is 11.9 Å². The van der Waals surface area contributed by atoms with Crippen LogP contribution in [0.15, 0.2) is 0 Å². The Kier molecular flexibility index (Phi) is 3.66. The number of rotatable bonds is 4. The predicted molar refractivity (Wildman–Crippen MR) is 57.3 cm³/mol. The Hall–Kier alpha value is -0.640. The van der Waals surface area contributed by atoms with E-state index in [1.807, 2.05) is 0 Å². The van der Waals surface area contributed by atoms with E-state index in [2.05, 4.69) is 43.2 Å². The molecule has 0 atom stereocenters. The minimum Gasteiger partial charge on any atom is -0.360 e. The van der Waals surface area contributed by atoms with Crippen LogP contribution in [0.25, 0.3) is 0 Å². The molecule has 1 heterocycles. The summed E-state index contributed by atoms with van der Waals surface area (Å²) in [6.07, 6.45) is 0. The van der Waals surface area contributed by atoms with Gasteiger partial charge in [0.2, 0.25) is 5.13 Å². The highest BCUT2D eigenvalue weighted by molar-refractivity contribution is 7.15. The number of hydrogen-bond acceptors (Lipinski definition) is 4. The van der Waals surface area contributed by atoms with E-state index in [-0.39, 0.29) is 0 Å². The van der Waals surface area contributed by atoms with Gasteiger partial charge >= 0.3 is 0 Å². The highest BCUT2D eigenvalue weighted by Gasteiger charge is 2.06. The molecule has 0 amide bonds. The molecular formula is C9H17N3S. The Bertz CT molecular complexity index is 255. The van der Waals surface area contributed by atoms with Crippen LogP contribution >= 0.6 is 11.3 Å². The van der Waals surface area contributed by atoms with Gasteiger partial charge in [0.15, 0.2) is 0 Å². The van der Waals surface area contributed by atoms with Crippen LogP contribution in [-0.4, -0.2) is 16.7 Å². The molecule has 0 aromatic carbocycles. The maximum atomic E-state index is 4.10. The van der Waals surface area contributed by atoms with E-state index in [9.17, 15) is 0 Å². The lowest BCUT2D eigenvalue weighted by molar-refractivity contribution is 0.687. The minimum atomic E-state index is 0.479. The second-order valence-electron chi connectivity index (χ2n) is 3.87. The van der Waals surface area contributed by atoms with Crippen molar-refractivity contribution in [2.24, 2.45) is 5.92 Å². The number of nitrogens with one attached hydrogen (secondary N) is 1. The lowest BCUT2D eigenvalue weighted by atomic mass is 10.2. The Balaban J connectivity index is 2.49. The highest BCUT2D eigenvalue weighted by Crippen LogP contribution is 2.22. The van der Waals surface area contributed by atoms with Crippen molar-refractivity contribution < 1.29 is 0 Å². The van der Waals surface area contributed by atoms with Crippen molar-refractivity contribution in [3.63, 3.8) is 0 Å². The summed E-state index contributed by atoms with van der Waals surface area (Å²) in [5, 5.41) is 13.5. The molecule has 0 aliphatic rings. The fraction of sp³-hybridized carbons (Fsp3) is 0.778. The summed E-state index contributed by atoms with van der Waals surface area (Å²) >= 11 is 1.65. The van der Waals surface area contributed by atoms with Crippen LogP contribution in [0.1, 0.15) is 38.6 Å². The zero-order valence-corrected chi connectivity index (χ0v) is 9.48. The molecule has 0 saturated carbocycles. The van der Waals surface area contributed by atoms with Crippen molar-refractivity contribution in [1.29, 1.82) is 0 Å². The largest absolute Gasteiger partial charge is 0.360 e. The summed E-state index contributed by atoms with van der Waals surface area (Å²) in [7, 11) is 0. The molecule has 0 radical (unpaired) electrons. The maximum Gasteiger partial charge on any atom is 0.205 e. The molecule has 0 spiro atoms. The van der Waals surface area contributed by atoms with Crippen LogP contribution in [0.4, 0.5) is 5.13 Å². The normalized spacial score (nSPS) is 11.2. The van der Waals surface area contributed by atoms with Crippen molar-refractivity contribution in [1.82, 2.24) is 10.2 Å². The van der Waals surface area contributed by atoms with Gasteiger partial charge in [0.05, 0.1) is 0 Å². The molecule has 1 rings (SSSR count). The van der Waals surface area contributed by atoms with E-state index in [0.717, 1.165) is 16.7 Å². The average Bonchev–Trinajstić information content (AvgIpc) is 2.48. The summed E-state index contributed by atoms with van der Waals surface area (Å²) in [4.78, 5) is 0. The van der Waals surface area contributed by atoms with Gasteiger partial charge in [-0.25, -0.2) is 0 Å². The van der Waals surface area contributed by atoms with Crippen molar-refractivity contribution in [3.8, 4) is 0 Å². The van der Waals surface area contributed by atoms with Gasteiger partial charge in [0.25, 0.3) is 0 Å². The summed E-state index contributed by atoms with van der Waals surface area (Å²) < 4.78 is 0. The molecular weight excluding hydrogens is 182 g/mol. The molecule has 13 heavy (non-hydrogen) atoms. The lowest BCUT2D eigenvalue weighted by Crippen LogP contribution is -2.07. The van der Waals surface area contributed by atoms with Crippen molar-refractivity contribution >= 4 is 16.5 Å². The second-order valence-corrected chi connectivity index (χ2v) is 4.88. The smallest absolute Gasteiger partial charge is 0.205 e. The van der Waals surface area contributed by atoms with Crippen LogP contribution in [0.3, 0.4) is 0 Å². The SMILES string of the molecule is CC(C)CNc1nnc(C(C)C)s1. The Morgan fingerprint density at radius 3 is 2.38 bits per heavy atom. The van der Waals surface area contributed by atoms with Gasteiger partial charge in [-0.05, 0) is 5.92 Å². The summed E-state index contributed by atoms with van der Waals surface area (Å²) in [5.41, 5.74) is 0. The average molecular weight is 199 g/mol. The number of anilines is 1. The summed E-state index contributed by atoms with van der Waals surface area (Å²) in [6, 6.07) is 0. The highest BCUT2D eigenvalue weighted by atomic mass is 32.1. The molecule has 0 saturated heterocycles. The Labute approximate surface area is 83.6 Å². The van der Waals surface area contributed by atoms with Gasteiger partial charge < -0.3 is 5.32 Å². The molecule has 1 aromatic heterocycles. The lowest BCUT2D eigenvalue weighted by Gasteiger charge is -2.03. The fourth-order valence-electron chi connectivity index (χ4n) is 0.831. The van der Waals surface area contributed by atoms with E-state index in [0.29, 0.717) is 11.8 Å². The molecule has 0 unspecified atom stereocenters. The summed E-state index contributed by atoms with van der Waals surface area (Å²) in [6.45, 7) is 9.58. The van der Waals surface area contributed by atoms with E-state index < -0.39 is 0 Å². The zero-order chi connectivity index (χ0) is 9.84. The first-order valence-corrected chi connectivity index (χ1v) is 5.48. The fourth-order valence-corrected chi connectivity index (χ4v) is 1.58. The minimum absolute atomic E-state index is 0.479. The van der Waals surface area contributed by atoms with Gasteiger partial charge in [0, 0.05) is 12.5 Å². The molecule has 1 N–H and O–H groups in total. The zero-order valence-electron chi connectivity index (χ0n) is 8.66. The molecule has 74 valence electrons. The van der Waals surface area contributed by atoms with E-state index in [1.54, 1.807) is 11.3 Å². The van der Waals surface area contributed by atoms with Crippen LogP contribution in [0.5, 0.6) is 0 Å². The van der Waals surface area contributed by atoms with Crippen LogP contribution < -0.4 is 5.32 Å². The van der Waals surface area contributed by atoms with Crippen LogP contribution in [0, 0.1) is 5.92 Å². The number of nitrogens with zero attached hydrogens (tertiary/aromatic N) is 2. The molecule has 0 aliphatic carbocycles. The van der Waals surface area contributed by atoms with Crippen molar-refractivity contribution in [3.05, 3.63) is 5.01 Å². The van der Waals surface area contributed by atoms with Gasteiger partial charge in [-0.3, -0.25) is 0 Å². The molecule has 4 heteroatoms. The van der Waals surface area contributed by atoms with E-state index >= 15 is 0 Å². The molecule has 0 bridgehead atoms. The molecule has 3 nitrogen and oxygen atoms in total. The van der Waals surface area contributed by atoms with Gasteiger partial charge in [-0.2, -0.15) is 0 Å². The van der Waals surface area contributed by atoms with Gasteiger partial charge in [-0.1, -0.05) is 39.0 Å². The predicted octanol–water partition coefficient (Wildman–Crippen LogP) is 2.73. The van der Waals surface area contributed by atoms with Crippen LogP contribution in [-0.2, 0) is 0 Å². The monoisotopic (exact) mass is 199 g/mol. The number of hydrogen-bond donors (Lipinski definition) is 1. The second kappa shape index (κ2) is 4.56. The first-order chi connectivity index (χ1) is 6.09. The van der Waals surface area contributed by atoms with E-state index in [1.165, 1.54) is 0 Å². The van der Waals surface area contributed by atoms with Crippen LogP contribution in [0.2, 0.25) is 0 Å². The van der Waals surface area contributed by atoms with Gasteiger partial charge in [0.1, 0.15) is 5.01 Å². The first kappa shape index (κ1) is 10.4. The number of aromatic nitrogens is 2. The standard InChI is InChI=1S/C9H17N3S/c1-6(2)5-10-9-12-11-8(13-9)7(3)4/h6-7H,5H2,1-4H3,(H,10,12). The Morgan fingerprint density at radius 2 is 1.92 bits per heavy atom. The third-order valence-electron chi connectivity index (χ3n) is 1.60. The van der Waals surface area contributed by atoms with Gasteiger partial charge in [-0.15, -0.1) is 10.2 Å². The summed E-state index contributed by atoms with van der Waals surface area (Å²) in [5.74, 6) is 1.12. The Morgan fingerprint density at radius 1 is 1.23 bits per heavy atom. The topological polar surface area (TPSA) is 37.8 Å². The quantitative estimate of drug-likeness (QED) is 0.810. The third kappa shape index (κ3) is 3.30. The molecule has 0 aliphatic heterocycles. The molecule has 1 aromatic rings. The van der Waals surface area contributed by atoms with E-state index in [4.69, 9.17) is 0 Å².